The van der Waals surface area contributed by atoms with Crippen LogP contribution in [-0.2, 0) is 21.2 Å². The minimum absolute atomic E-state index is 0.0371. The summed E-state index contributed by atoms with van der Waals surface area (Å²) in [6.07, 6.45) is 2.86. The average Bonchev–Trinajstić information content (AvgIpc) is 3.78. The Hall–Kier alpha value is -4.18. The number of hydrogen-bond donors (Lipinski definition) is 3. The topological polar surface area (TPSA) is 123 Å². The van der Waals surface area contributed by atoms with Crippen molar-refractivity contribution in [3.63, 3.8) is 0 Å². The number of pyridine rings is 1. The van der Waals surface area contributed by atoms with Crippen LogP contribution >= 0.6 is 0 Å². The van der Waals surface area contributed by atoms with Crippen LogP contribution in [0.1, 0.15) is 30.0 Å². The van der Waals surface area contributed by atoms with Crippen LogP contribution in [-0.4, -0.2) is 31.7 Å². The Kier molecular flexibility index (Phi) is 6.90. The molecule has 10 heteroatoms. The molecule has 4 N–H and O–H groups in total. The van der Waals surface area contributed by atoms with E-state index in [1.54, 1.807) is 54.7 Å². The van der Waals surface area contributed by atoms with Gasteiger partial charge in [-0.15, -0.1) is 0 Å². The monoisotopic (exact) mass is 534 g/mol. The number of aromatic nitrogens is 1. The largest absolute Gasteiger partial charge is 0.497 e. The molecule has 0 radical (unpaired) electrons. The quantitative estimate of drug-likeness (QED) is 0.291. The van der Waals surface area contributed by atoms with Crippen molar-refractivity contribution in [2.75, 3.05) is 18.2 Å². The summed E-state index contributed by atoms with van der Waals surface area (Å²) in [5, 5.41) is 7.09. The van der Waals surface area contributed by atoms with Crippen LogP contribution in [0.3, 0.4) is 0 Å². The summed E-state index contributed by atoms with van der Waals surface area (Å²) in [6.45, 7) is -0.0371. The standard InChI is InChI=1S/C28H27FN4O4S/c1-37-20-7-11-24(29)23(15-20)26(33-19-6-10-22-17(14-19)12-13-31-27(22)30)28(34)32-16-18-4-2-3-5-25(18)38(35,36)21-8-9-21/h2-7,10-15,21,26,33H,8-9,16H2,1H3,(H2,30,31)(H,32,34). The number of fused-ring (bicyclic) bond motifs is 1. The third-order valence-electron chi connectivity index (χ3n) is 6.58. The number of hydrogen-bond acceptors (Lipinski definition) is 7. The molecule has 1 fully saturated rings. The van der Waals surface area contributed by atoms with Gasteiger partial charge in [-0.05, 0) is 72.3 Å². The smallest absolute Gasteiger partial charge is 0.247 e. The fourth-order valence-corrected chi connectivity index (χ4v) is 6.27. The summed E-state index contributed by atoms with van der Waals surface area (Å²) in [5.74, 6) is -0.365. The highest BCUT2D eigenvalue weighted by molar-refractivity contribution is 7.92. The maximum absolute atomic E-state index is 15.0. The van der Waals surface area contributed by atoms with Gasteiger partial charge in [0, 0.05) is 29.4 Å². The highest BCUT2D eigenvalue weighted by Crippen LogP contribution is 2.35. The van der Waals surface area contributed by atoms with E-state index in [2.05, 4.69) is 15.6 Å². The van der Waals surface area contributed by atoms with Gasteiger partial charge in [-0.25, -0.2) is 17.8 Å². The number of nitrogen functional groups attached to an aromatic ring is 1. The Labute approximate surface area is 220 Å². The minimum Gasteiger partial charge on any atom is -0.497 e. The molecular weight excluding hydrogens is 507 g/mol. The average molecular weight is 535 g/mol. The molecule has 1 amide bonds. The molecule has 1 aliphatic carbocycles. The highest BCUT2D eigenvalue weighted by atomic mass is 32.2. The first-order chi connectivity index (χ1) is 18.3. The van der Waals surface area contributed by atoms with Crippen LogP contribution in [0.4, 0.5) is 15.9 Å². The van der Waals surface area contributed by atoms with Crippen molar-refractivity contribution in [3.05, 3.63) is 89.9 Å². The molecule has 5 rings (SSSR count). The predicted molar refractivity (Wildman–Crippen MR) is 144 cm³/mol. The number of methoxy groups -OCH3 is 1. The Morgan fingerprint density at radius 1 is 1.13 bits per heavy atom. The van der Waals surface area contributed by atoms with Crippen molar-refractivity contribution in [3.8, 4) is 5.75 Å². The molecule has 1 heterocycles. The number of carbonyl (C=O) groups is 1. The number of amides is 1. The lowest BCUT2D eigenvalue weighted by molar-refractivity contribution is -0.122. The predicted octanol–water partition coefficient (Wildman–Crippen LogP) is 4.37. The first-order valence-electron chi connectivity index (χ1n) is 12.1. The van der Waals surface area contributed by atoms with Gasteiger partial charge >= 0.3 is 0 Å². The fraction of sp³-hybridized carbons (Fsp3) is 0.214. The van der Waals surface area contributed by atoms with Gasteiger partial charge in [0.2, 0.25) is 5.91 Å². The van der Waals surface area contributed by atoms with Crippen molar-refractivity contribution in [1.82, 2.24) is 10.3 Å². The zero-order valence-electron chi connectivity index (χ0n) is 20.6. The number of ether oxygens (including phenoxy) is 1. The molecule has 0 aliphatic heterocycles. The minimum atomic E-state index is -3.46. The number of nitrogens with two attached hydrogens (primary N) is 1. The molecule has 1 saturated carbocycles. The molecule has 1 aromatic heterocycles. The summed E-state index contributed by atoms with van der Waals surface area (Å²) in [4.78, 5) is 17.8. The molecule has 1 aliphatic rings. The van der Waals surface area contributed by atoms with Crippen LogP contribution < -0.4 is 21.1 Å². The lowest BCUT2D eigenvalue weighted by Crippen LogP contribution is -2.34. The second-order valence-corrected chi connectivity index (χ2v) is 11.4. The van der Waals surface area contributed by atoms with Gasteiger partial charge in [0.15, 0.2) is 9.84 Å². The number of nitrogens with zero attached hydrogens (tertiary/aromatic N) is 1. The Morgan fingerprint density at radius 3 is 2.68 bits per heavy atom. The lowest BCUT2D eigenvalue weighted by atomic mass is 10.0. The zero-order chi connectivity index (χ0) is 26.9. The zero-order valence-corrected chi connectivity index (χ0v) is 21.5. The van der Waals surface area contributed by atoms with Crippen molar-refractivity contribution >= 4 is 38.0 Å². The summed E-state index contributed by atoms with van der Waals surface area (Å²) >= 11 is 0. The number of rotatable bonds is 9. The maximum Gasteiger partial charge on any atom is 0.247 e. The van der Waals surface area contributed by atoms with Crippen molar-refractivity contribution in [2.24, 2.45) is 0 Å². The number of anilines is 2. The van der Waals surface area contributed by atoms with E-state index in [1.165, 1.54) is 25.3 Å². The van der Waals surface area contributed by atoms with Gasteiger partial charge < -0.3 is 21.1 Å². The summed E-state index contributed by atoms with van der Waals surface area (Å²) in [5.41, 5.74) is 7.07. The second kappa shape index (κ2) is 10.3. The van der Waals surface area contributed by atoms with Crippen LogP contribution in [0.5, 0.6) is 5.75 Å². The molecule has 0 bridgehead atoms. The molecule has 0 saturated heterocycles. The van der Waals surface area contributed by atoms with E-state index in [4.69, 9.17) is 10.5 Å². The van der Waals surface area contributed by atoms with E-state index < -0.39 is 27.6 Å². The van der Waals surface area contributed by atoms with Crippen LogP contribution in [0, 0.1) is 5.82 Å². The normalized spacial score (nSPS) is 14.2. The van der Waals surface area contributed by atoms with Crippen LogP contribution in [0.2, 0.25) is 0 Å². The summed E-state index contributed by atoms with van der Waals surface area (Å²) in [7, 11) is -2.01. The first-order valence-corrected chi connectivity index (χ1v) is 13.7. The lowest BCUT2D eigenvalue weighted by Gasteiger charge is -2.22. The first kappa shape index (κ1) is 25.5. The van der Waals surface area contributed by atoms with E-state index in [0.717, 1.165) is 10.8 Å². The van der Waals surface area contributed by atoms with E-state index in [-0.39, 0.29) is 22.3 Å². The molecule has 3 aromatic carbocycles. The van der Waals surface area contributed by atoms with Crippen LogP contribution in [0.15, 0.2) is 77.8 Å². The SMILES string of the molecule is COc1ccc(F)c(C(Nc2ccc3c(N)nccc3c2)C(=O)NCc2ccccc2S(=O)(=O)C2CC2)c1. The van der Waals surface area contributed by atoms with Gasteiger partial charge in [0.25, 0.3) is 0 Å². The Balaban J connectivity index is 1.46. The van der Waals surface area contributed by atoms with Gasteiger partial charge in [0.1, 0.15) is 23.4 Å². The van der Waals surface area contributed by atoms with Crippen molar-refractivity contribution in [2.45, 2.75) is 35.6 Å². The number of nitrogens with one attached hydrogen (secondary N) is 2. The Bertz CT molecular complexity index is 1620. The van der Waals surface area contributed by atoms with E-state index >= 15 is 4.39 Å². The van der Waals surface area contributed by atoms with Gasteiger partial charge in [-0.3, -0.25) is 4.79 Å². The maximum atomic E-state index is 15.0. The van der Waals surface area contributed by atoms with E-state index in [0.29, 0.717) is 35.7 Å². The van der Waals surface area contributed by atoms with Crippen molar-refractivity contribution in [1.29, 1.82) is 0 Å². The molecule has 196 valence electrons. The molecular formula is C28H27FN4O4S. The van der Waals surface area contributed by atoms with E-state index in [1.807, 2.05) is 0 Å². The van der Waals surface area contributed by atoms with E-state index in [9.17, 15) is 13.2 Å². The summed E-state index contributed by atoms with van der Waals surface area (Å²) in [6, 6.07) is 16.7. The highest BCUT2D eigenvalue weighted by Gasteiger charge is 2.38. The Morgan fingerprint density at radius 2 is 1.92 bits per heavy atom. The summed E-state index contributed by atoms with van der Waals surface area (Å²) < 4.78 is 46.1. The number of benzene rings is 3. The number of halogens is 1. The molecule has 1 atom stereocenters. The third-order valence-corrected chi connectivity index (χ3v) is 8.94. The third kappa shape index (κ3) is 5.12. The van der Waals surface area contributed by atoms with Gasteiger partial charge in [0.05, 0.1) is 17.3 Å². The molecule has 0 spiro atoms. The van der Waals surface area contributed by atoms with Crippen LogP contribution in [0.25, 0.3) is 10.8 Å². The molecule has 1 unspecified atom stereocenters. The van der Waals surface area contributed by atoms with Gasteiger partial charge in [-0.2, -0.15) is 0 Å². The van der Waals surface area contributed by atoms with Gasteiger partial charge in [-0.1, -0.05) is 18.2 Å². The number of sulfone groups is 1. The second-order valence-electron chi connectivity index (χ2n) is 9.17. The number of carbonyl (C=O) groups excluding carboxylic acids is 1. The van der Waals surface area contributed by atoms with Crippen molar-refractivity contribution < 1.29 is 22.3 Å². The fourth-order valence-electron chi connectivity index (χ4n) is 4.38. The molecule has 38 heavy (non-hydrogen) atoms. The molecule has 4 aromatic rings. The molecule has 8 nitrogen and oxygen atoms in total.